The number of halogens is 1. The predicted octanol–water partition coefficient (Wildman–Crippen LogP) is 2.29. The van der Waals surface area contributed by atoms with Crippen LogP contribution in [0.3, 0.4) is 0 Å². The van der Waals surface area contributed by atoms with Crippen LogP contribution in [0.1, 0.15) is 5.82 Å². The first kappa shape index (κ1) is 16.0. The molecule has 0 aliphatic carbocycles. The molecule has 0 unspecified atom stereocenters. The van der Waals surface area contributed by atoms with E-state index in [0.29, 0.717) is 34.6 Å². The highest BCUT2D eigenvalue weighted by Crippen LogP contribution is 2.13. The molecule has 124 valence electrons. The highest BCUT2D eigenvalue weighted by molar-refractivity contribution is 6.30. The van der Waals surface area contributed by atoms with Crippen molar-refractivity contribution in [3.63, 3.8) is 0 Å². The quantitative estimate of drug-likeness (QED) is 0.691. The Bertz CT molecular complexity index is 849. The van der Waals surface area contributed by atoms with E-state index < -0.39 is 0 Å². The lowest BCUT2D eigenvalue weighted by Crippen LogP contribution is -2.32. The van der Waals surface area contributed by atoms with Crippen LogP contribution in [0.5, 0.6) is 5.88 Å². The number of anilines is 1. The Hall–Kier alpha value is -2.87. The largest absolute Gasteiger partial charge is 0.475 e. The molecule has 0 saturated carbocycles. The van der Waals surface area contributed by atoms with Gasteiger partial charge in [0, 0.05) is 16.8 Å². The Morgan fingerprint density at radius 1 is 1.21 bits per heavy atom. The first-order valence-electron chi connectivity index (χ1n) is 7.24. The summed E-state index contributed by atoms with van der Waals surface area (Å²) >= 11 is 5.79. The van der Waals surface area contributed by atoms with E-state index in [1.807, 2.05) is 0 Å². The first-order valence-corrected chi connectivity index (χ1v) is 7.62. The van der Waals surface area contributed by atoms with E-state index in [1.165, 1.54) is 0 Å². The van der Waals surface area contributed by atoms with Crippen LogP contribution in [0, 0.1) is 6.92 Å². The minimum absolute atomic E-state index is 0.285. The fourth-order valence-electron chi connectivity index (χ4n) is 1.98. The number of hydrogen-bond acceptors (Lipinski definition) is 5. The van der Waals surface area contributed by atoms with Crippen molar-refractivity contribution in [1.29, 1.82) is 0 Å². The van der Waals surface area contributed by atoms with Gasteiger partial charge in [0.1, 0.15) is 6.61 Å². The average molecular weight is 347 g/mol. The van der Waals surface area contributed by atoms with E-state index in [-0.39, 0.29) is 12.6 Å². The first-order chi connectivity index (χ1) is 11.6. The number of fused-ring (bicyclic) bond motifs is 1. The van der Waals surface area contributed by atoms with E-state index in [4.69, 9.17) is 16.3 Å². The van der Waals surface area contributed by atoms with Crippen LogP contribution in [-0.2, 0) is 0 Å². The molecule has 0 atom stereocenters. The topological polar surface area (TPSA) is 93.4 Å². The maximum Gasteiger partial charge on any atom is 0.319 e. The van der Waals surface area contributed by atoms with Gasteiger partial charge in [-0.05, 0) is 37.3 Å². The molecule has 2 amide bonds. The van der Waals surface area contributed by atoms with E-state index in [0.717, 1.165) is 0 Å². The fourth-order valence-corrected chi connectivity index (χ4v) is 2.11. The van der Waals surface area contributed by atoms with Gasteiger partial charge in [-0.15, -0.1) is 15.3 Å². The van der Waals surface area contributed by atoms with Crippen molar-refractivity contribution in [3.8, 4) is 5.88 Å². The highest BCUT2D eigenvalue weighted by atomic mass is 35.5. The van der Waals surface area contributed by atoms with Gasteiger partial charge < -0.3 is 15.4 Å². The predicted molar refractivity (Wildman–Crippen MR) is 89.5 cm³/mol. The van der Waals surface area contributed by atoms with Crippen LogP contribution in [0.4, 0.5) is 10.5 Å². The van der Waals surface area contributed by atoms with Crippen LogP contribution >= 0.6 is 11.6 Å². The molecular formula is C15H15ClN6O2. The van der Waals surface area contributed by atoms with Gasteiger partial charge in [0.05, 0.1) is 6.54 Å². The molecule has 0 saturated heterocycles. The van der Waals surface area contributed by atoms with Crippen molar-refractivity contribution < 1.29 is 9.53 Å². The number of hydrogen-bond donors (Lipinski definition) is 2. The second-order valence-electron chi connectivity index (χ2n) is 4.93. The zero-order valence-electron chi connectivity index (χ0n) is 12.9. The molecule has 9 heteroatoms. The zero-order chi connectivity index (χ0) is 16.9. The van der Waals surface area contributed by atoms with Gasteiger partial charge in [-0.25, -0.2) is 4.79 Å². The summed E-state index contributed by atoms with van der Waals surface area (Å²) in [5.41, 5.74) is 1.31. The second kappa shape index (κ2) is 7.14. The van der Waals surface area contributed by atoms with Crippen LogP contribution in [0.2, 0.25) is 5.02 Å². The fraction of sp³-hybridized carbons (Fsp3) is 0.200. The van der Waals surface area contributed by atoms with Gasteiger partial charge >= 0.3 is 6.03 Å². The van der Waals surface area contributed by atoms with Crippen LogP contribution < -0.4 is 15.4 Å². The number of urea groups is 1. The molecule has 0 aliphatic rings. The molecule has 8 nitrogen and oxygen atoms in total. The summed E-state index contributed by atoms with van der Waals surface area (Å²) in [5, 5.41) is 18.1. The van der Waals surface area contributed by atoms with Gasteiger partial charge in [-0.1, -0.05) is 11.6 Å². The number of aromatic nitrogens is 4. The summed E-state index contributed by atoms with van der Waals surface area (Å²) < 4.78 is 7.10. The second-order valence-corrected chi connectivity index (χ2v) is 5.36. The molecule has 0 radical (unpaired) electrons. The minimum atomic E-state index is -0.320. The number of amides is 2. The third kappa shape index (κ3) is 3.90. The summed E-state index contributed by atoms with van der Waals surface area (Å²) in [6.07, 6.45) is 0. The average Bonchev–Trinajstić information content (AvgIpc) is 2.95. The van der Waals surface area contributed by atoms with Crippen molar-refractivity contribution >= 4 is 29.0 Å². The molecule has 2 aromatic heterocycles. The number of aryl methyl sites for hydroxylation is 1. The smallest absolute Gasteiger partial charge is 0.319 e. The standard InChI is InChI=1S/C15H15ClN6O2/c1-10-19-20-13-6-7-14(21-22(10)13)24-9-8-17-15(23)18-12-4-2-11(16)3-5-12/h2-7H,8-9H2,1H3,(H2,17,18,23). The summed E-state index contributed by atoms with van der Waals surface area (Å²) in [7, 11) is 0. The normalized spacial score (nSPS) is 10.6. The maximum absolute atomic E-state index is 11.7. The van der Waals surface area contributed by atoms with Crippen molar-refractivity contribution in [2.45, 2.75) is 6.92 Å². The third-order valence-corrected chi connectivity index (χ3v) is 3.39. The van der Waals surface area contributed by atoms with Gasteiger partial charge in [0.2, 0.25) is 5.88 Å². The number of nitrogens with zero attached hydrogens (tertiary/aromatic N) is 4. The number of benzene rings is 1. The molecule has 2 N–H and O–H groups in total. The molecular weight excluding hydrogens is 332 g/mol. The van der Waals surface area contributed by atoms with E-state index in [9.17, 15) is 4.79 Å². The van der Waals surface area contributed by atoms with E-state index in [1.54, 1.807) is 47.8 Å². The monoisotopic (exact) mass is 346 g/mol. The van der Waals surface area contributed by atoms with Gasteiger partial charge in [-0.3, -0.25) is 0 Å². The molecule has 3 rings (SSSR count). The Morgan fingerprint density at radius 2 is 2.00 bits per heavy atom. The number of rotatable bonds is 5. The molecule has 24 heavy (non-hydrogen) atoms. The molecule has 0 aliphatic heterocycles. The molecule has 0 fully saturated rings. The Labute approximate surface area is 142 Å². The highest BCUT2D eigenvalue weighted by Gasteiger charge is 2.05. The van der Waals surface area contributed by atoms with E-state index >= 15 is 0 Å². The number of ether oxygens (including phenoxy) is 1. The maximum atomic E-state index is 11.7. The van der Waals surface area contributed by atoms with Crippen molar-refractivity contribution in [3.05, 3.63) is 47.2 Å². The van der Waals surface area contributed by atoms with Crippen LogP contribution in [-0.4, -0.2) is 39.0 Å². The van der Waals surface area contributed by atoms with Crippen molar-refractivity contribution in [2.24, 2.45) is 0 Å². The lowest BCUT2D eigenvalue weighted by Gasteiger charge is -2.09. The number of carbonyl (C=O) groups excluding carboxylic acids is 1. The van der Waals surface area contributed by atoms with Crippen molar-refractivity contribution in [2.75, 3.05) is 18.5 Å². The minimum Gasteiger partial charge on any atom is -0.475 e. The lowest BCUT2D eigenvalue weighted by atomic mass is 10.3. The summed E-state index contributed by atoms with van der Waals surface area (Å²) in [5.74, 6) is 1.11. The molecule has 2 heterocycles. The van der Waals surface area contributed by atoms with Crippen molar-refractivity contribution in [1.82, 2.24) is 25.1 Å². The van der Waals surface area contributed by atoms with Gasteiger partial charge in [0.25, 0.3) is 0 Å². The van der Waals surface area contributed by atoms with Gasteiger partial charge in [0.15, 0.2) is 11.5 Å². The Kier molecular flexibility index (Phi) is 4.76. The molecule has 3 aromatic rings. The zero-order valence-corrected chi connectivity index (χ0v) is 13.6. The molecule has 0 bridgehead atoms. The molecule has 1 aromatic carbocycles. The lowest BCUT2D eigenvalue weighted by molar-refractivity contribution is 0.246. The van der Waals surface area contributed by atoms with E-state index in [2.05, 4.69) is 25.9 Å². The number of carbonyl (C=O) groups is 1. The number of nitrogens with one attached hydrogen (secondary N) is 2. The van der Waals surface area contributed by atoms with Crippen LogP contribution in [0.15, 0.2) is 36.4 Å². The van der Waals surface area contributed by atoms with Gasteiger partial charge in [-0.2, -0.15) is 4.52 Å². The third-order valence-electron chi connectivity index (χ3n) is 3.13. The summed E-state index contributed by atoms with van der Waals surface area (Å²) in [6.45, 7) is 2.42. The molecule has 0 spiro atoms. The van der Waals surface area contributed by atoms with Crippen LogP contribution in [0.25, 0.3) is 5.65 Å². The Morgan fingerprint density at radius 3 is 2.79 bits per heavy atom. The summed E-state index contributed by atoms with van der Waals surface area (Å²) in [6, 6.07) is 10.0. The SMILES string of the molecule is Cc1nnc2ccc(OCCNC(=O)Nc3ccc(Cl)cc3)nn12. The summed E-state index contributed by atoms with van der Waals surface area (Å²) in [4.78, 5) is 11.7. The Balaban J connectivity index is 1.44.